The van der Waals surface area contributed by atoms with Crippen molar-refractivity contribution in [3.8, 4) is 0 Å². The molecule has 3 aromatic rings. The Morgan fingerprint density at radius 3 is 2.05 bits per heavy atom. The van der Waals surface area contributed by atoms with Crippen LogP contribution >= 0.6 is 23.4 Å². The van der Waals surface area contributed by atoms with Gasteiger partial charge in [0, 0.05) is 9.79 Å². The van der Waals surface area contributed by atoms with Crippen LogP contribution in [0, 0.1) is 0 Å². The van der Waals surface area contributed by atoms with Crippen molar-refractivity contribution in [3.05, 3.63) is 53.8 Å². The molecule has 0 spiro atoms. The lowest BCUT2D eigenvalue weighted by Gasteiger charge is -2.30. The summed E-state index contributed by atoms with van der Waals surface area (Å²) in [6.07, 6.45) is 0. The van der Waals surface area contributed by atoms with Crippen molar-refractivity contribution >= 4 is 46.6 Å². The first-order chi connectivity index (χ1) is 10.7. The summed E-state index contributed by atoms with van der Waals surface area (Å²) in [6, 6.07) is 16.1. The first-order valence-electron chi connectivity index (χ1n) is 6.55. The van der Waals surface area contributed by atoms with Gasteiger partial charge >= 0.3 is 0 Å². The predicted molar refractivity (Wildman–Crippen MR) is 88.1 cm³/mol. The van der Waals surface area contributed by atoms with Gasteiger partial charge in [0.05, 0.1) is 11.4 Å². The zero-order valence-electron chi connectivity index (χ0n) is 11.3. The normalized spacial score (nSPS) is 12.7. The summed E-state index contributed by atoms with van der Waals surface area (Å²) in [5.74, 6) is 0.515. The van der Waals surface area contributed by atoms with Crippen LogP contribution in [0.2, 0.25) is 5.28 Å². The molecule has 7 heteroatoms. The standard InChI is InChI=1S/C15H10ClN5S/c16-13-18-14(17)20-15(19-13)21-9-5-1-3-7-11(9)22-12-8-4-2-6-10(12)21/h1-8H,(H2,17,18,19,20). The summed E-state index contributed by atoms with van der Waals surface area (Å²) >= 11 is 7.66. The van der Waals surface area contributed by atoms with Gasteiger partial charge in [-0.05, 0) is 35.9 Å². The van der Waals surface area contributed by atoms with Gasteiger partial charge in [-0.3, -0.25) is 4.90 Å². The highest BCUT2D eigenvalue weighted by atomic mass is 35.5. The summed E-state index contributed by atoms with van der Waals surface area (Å²) < 4.78 is 0. The smallest absolute Gasteiger partial charge is 0.240 e. The largest absolute Gasteiger partial charge is 0.368 e. The molecule has 0 saturated carbocycles. The molecule has 0 bridgehead atoms. The Morgan fingerprint density at radius 1 is 0.864 bits per heavy atom. The van der Waals surface area contributed by atoms with Gasteiger partial charge in [-0.25, -0.2) is 0 Å². The highest BCUT2D eigenvalue weighted by Gasteiger charge is 2.26. The van der Waals surface area contributed by atoms with Gasteiger partial charge in [-0.15, -0.1) is 0 Å². The van der Waals surface area contributed by atoms with Crippen LogP contribution in [0.25, 0.3) is 0 Å². The number of hydrogen-bond acceptors (Lipinski definition) is 6. The van der Waals surface area contributed by atoms with Crippen LogP contribution in [0.1, 0.15) is 0 Å². The minimum Gasteiger partial charge on any atom is -0.368 e. The molecule has 4 rings (SSSR count). The number of rotatable bonds is 1. The van der Waals surface area contributed by atoms with Gasteiger partial charge in [0.15, 0.2) is 0 Å². The third kappa shape index (κ3) is 2.17. The second-order valence-electron chi connectivity index (χ2n) is 4.64. The minimum atomic E-state index is 0.0793. The second kappa shape index (κ2) is 5.15. The molecule has 1 aliphatic heterocycles. The molecule has 2 aromatic carbocycles. The van der Waals surface area contributed by atoms with Gasteiger partial charge in [-0.1, -0.05) is 36.0 Å². The summed E-state index contributed by atoms with van der Waals surface area (Å²) in [5, 5.41) is 0.0793. The van der Waals surface area contributed by atoms with Crippen molar-refractivity contribution in [2.45, 2.75) is 9.79 Å². The van der Waals surface area contributed by atoms with E-state index in [1.807, 2.05) is 41.3 Å². The van der Waals surface area contributed by atoms with E-state index in [4.69, 9.17) is 17.3 Å². The quantitative estimate of drug-likeness (QED) is 0.569. The Morgan fingerprint density at radius 2 is 1.45 bits per heavy atom. The molecule has 22 heavy (non-hydrogen) atoms. The van der Waals surface area contributed by atoms with E-state index in [2.05, 4.69) is 27.1 Å². The topological polar surface area (TPSA) is 67.9 Å². The zero-order valence-corrected chi connectivity index (χ0v) is 12.8. The average molecular weight is 328 g/mol. The van der Waals surface area contributed by atoms with E-state index >= 15 is 0 Å². The number of nitrogen functional groups attached to an aromatic ring is 1. The number of anilines is 4. The zero-order chi connectivity index (χ0) is 15.1. The lowest BCUT2D eigenvalue weighted by molar-refractivity contribution is 1.00. The van der Waals surface area contributed by atoms with E-state index in [1.54, 1.807) is 11.8 Å². The maximum absolute atomic E-state index is 5.95. The number of benzene rings is 2. The molecule has 0 unspecified atom stereocenters. The van der Waals surface area contributed by atoms with Crippen LogP contribution in [-0.2, 0) is 0 Å². The molecule has 0 radical (unpaired) electrons. The first kappa shape index (κ1) is 13.4. The van der Waals surface area contributed by atoms with E-state index in [1.165, 1.54) is 0 Å². The van der Waals surface area contributed by atoms with E-state index in [0.29, 0.717) is 5.95 Å². The highest BCUT2D eigenvalue weighted by molar-refractivity contribution is 7.99. The maximum Gasteiger partial charge on any atom is 0.240 e. The van der Waals surface area contributed by atoms with Gasteiger partial charge < -0.3 is 5.73 Å². The average Bonchev–Trinajstić information content (AvgIpc) is 2.51. The molecular formula is C15H10ClN5S. The van der Waals surface area contributed by atoms with E-state index in [9.17, 15) is 0 Å². The predicted octanol–water partition coefficient (Wildman–Crippen LogP) is 4.04. The summed E-state index contributed by atoms with van der Waals surface area (Å²) in [5.41, 5.74) is 7.71. The lowest BCUT2D eigenvalue weighted by atomic mass is 10.2. The van der Waals surface area contributed by atoms with Crippen molar-refractivity contribution < 1.29 is 0 Å². The molecule has 0 aliphatic carbocycles. The molecule has 0 fully saturated rings. The molecule has 2 N–H and O–H groups in total. The van der Waals surface area contributed by atoms with Crippen LogP contribution in [-0.4, -0.2) is 15.0 Å². The third-order valence-electron chi connectivity index (χ3n) is 3.25. The fourth-order valence-corrected chi connectivity index (χ4v) is 3.59. The Kier molecular flexibility index (Phi) is 3.13. The molecular weight excluding hydrogens is 318 g/mol. The van der Waals surface area contributed by atoms with Crippen molar-refractivity contribution in [3.63, 3.8) is 0 Å². The molecule has 1 aliphatic rings. The van der Waals surface area contributed by atoms with Crippen LogP contribution in [0.5, 0.6) is 0 Å². The van der Waals surface area contributed by atoms with Crippen molar-refractivity contribution in [1.29, 1.82) is 0 Å². The Balaban J connectivity index is 1.98. The van der Waals surface area contributed by atoms with Crippen LogP contribution in [0.3, 0.4) is 0 Å². The van der Waals surface area contributed by atoms with Crippen molar-refractivity contribution in [1.82, 2.24) is 15.0 Å². The molecule has 0 saturated heterocycles. The summed E-state index contributed by atoms with van der Waals surface area (Å²) in [7, 11) is 0. The SMILES string of the molecule is Nc1nc(Cl)nc(N2c3ccccc3Sc3ccccc32)n1. The van der Waals surface area contributed by atoms with Crippen molar-refractivity contribution in [2.75, 3.05) is 10.6 Å². The number of fused-ring (bicyclic) bond motifs is 2. The monoisotopic (exact) mass is 327 g/mol. The Bertz CT molecular complexity index is 804. The van der Waals surface area contributed by atoms with E-state index in [-0.39, 0.29) is 11.2 Å². The minimum absolute atomic E-state index is 0.0793. The summed E-state index contributed by atoms with van der Waals surface area (Å²) in [6.45, 7) is 0. The molecule has 2 heterocycles. The molecule has 1 aromatic heterocycles. The number of hydrogen-bond donors (Lipinski definition) is 1. The fourth-order valence-electron chi connectivity index (χ4n) is 2.37. The van der Waals surface area contributed by atoms with Crippen LogP contribution < -0.4 is 10.6 Å². The van der Waals surface area contributed by atoms with E-state index < -0.39 is 0 Å². The van der Waals surface area contributed by atoms with E-state index in [0.717, 1.165) is 21.2 Å². The third-order valence-corrected chi connectivity index (χ3v) is 4.55. The molecule has 108 valence electrons. The fraction of sp³-hybridized carbons (Fsp3) is 0. The summed E-state index contributed by atoms with van der Waals surface area (Å²) in [4.78, 5) is 16.5. The number of halogens is 1. The van der Waals surface area contributed by atoms with Gasteiger partial charge in [0.1, 0.15) is 0 Å². The van der Waals surface area contributed by atoms with Crippen molar-refractivity contribution in [2.24, 2.45) is 0 Å². The molecule has 0 amide bonds. The second-order valence-corrected chi connectivity index (χ2v) is 6.06. The van der Waals surface area contributed by atoms with Gasteiger partial charge in [0.25, 0.3) is 0 Å². The number of para-hydroxylation sites is 2. The number of nitrogens with two attached hydrogens (primary N) is 1. The Hall–Kier alpha value is -2.31. The number of nitrogens with zero attached hydrogens (tertiary/aromatic N) is 4. The lowest BCUT2D eigenvalue weighted by Crippen LogP contribution is -2.18. The van der Waals surface area contributed by atoms with Gasteiger partial charge in [-0.2, -0.15) is 15.0 Å². The molecule has 0 atom stereocenters. The van der Waals surface area contributed by atoms with Crippen LogP contribution in [0.15, 0.2) is 58.3 Å². The first-order valence-corrected chi connectivity index (χ1v) is 7.75. The Labute approximate surface area is 136 Å². The number of aromatic nitrogens is 3. The highest BCUT2D eigenvalue weighted by Crippen LogP contribution is 2.50. The molecule has 5 nitrogen and oxygen atoms in total. The van der Waals surface area contributed by atoms with Crippen LogP contribution in [0.4, 0.5) is 23.3 Å². The maximum atomic E-state index is 5.95. The van der Waals surface area contributed by atoms with Gasteiger partial charge in [0.2, 0.25) is 17.2 Å².